The topological polar surface area (TPSA) is 36.7 Å². The summed E-state index contributed by atoms with van der Waals surface area (Å²) in [6.45, 7) is 8.31. The Labute approximate surface area is 150 Å². The molecular formula is C20H17IrN2-. The second-order valence-corrected chi connectivity index (χ2v) is 6.04. The summed E-state index contributed by atoms with van der Waals surface area (Å²) in [5, 5.41) is 9.02. The maximum atomic E-state index is 9.02. The van der Waals surface area contributed by atoms with Gasteiger partial charge in [-0.2, -0.15) is 5.26 Å². The molecule has 0 unspecified atom stereocenters. The molecular weight excluding hydrogens is 460 g/mol. The fourth-order valence-electron chi connectivity index (χ4n) is 2.97. The van der Waals surface area contributed by atoms with Crippen LogP contribution in [0, 0.1) is 17.4 Å². The van der Waals surface area contributed by atoms with Crippen LogP contribution in [0.2, 0.25) is 0 Å². The van der Waals surface area contributed by atoms with Crippen LogP contribution in [0.5, 0.6) is 0 Å². The molecule has 0 atom stereocenters. The van der Waals surface area contributed by atoms with E-state index in [1.165, 1.54) is 16.7 Å². The van der Waals surface area contributed by atoms with Crippen LogP contribution in [0.1, 0.15) is 37.0 Å². The summed E-state index contributed by atoms with van der Waals surface area (Å²) in [7, 11) is 0. The largest absolute Gasteiger partial charge is 0.305 e. The van der Waals surface area contributed by atoms with E-state index in [1.54, 1.807) is 18.3 Å². The van der Waals surface area contributed by atoms with Crippen molar-refractivity contribution in [3.05, 3.63) is 71.4 Å². The van der Waals surface area contributed by atoms with Crippen LogP contribution in [0.4, 0.5) is 0 Å². The minimum atomic E-state index is 0. The fourth-order valence-corrected chi connectivity index (χ4v) is 2.97. The Hall–Kier alpha value is -2.01. The third-order valence-corrected chi connectivity index (χ3v) is 4.32. The molecule has 1 aromatic heterocycles. The van der Waals surface area contributed by atoms with Gasteiger partial charge in [0.1, 0.15) is 0 Å². The van der Waals surface area contributed by atoms with Crippen LogP contribution in [0.3, 0.4) is 0 Å². The van der Waals surface area contributed by atoms with Crippen LogP contribution in [0.25, 0.3) is 17.3 Å². The maximum Gasteiger partial charge on any atom is 0.0984 e. The first-order valence-corrected chi connectivity index (χ1v) is 7.31. The number of fused-ring (bicyclic) bond motifs is 1. The Bertz CT molecular complexity index is 826. The van der Waals surface area contributed by atoms with Crippen molar-refractivity contribution in [2.24, 2.45) is 0 Å². The van der Waals surface area contributed by atoms with E-state index in [0.717, 1.165) is 17.7 Å². The fraction of sp³-hybridized carbons (Fsp3) is 0.200. The Morgan fingerprint density at radius 1 is 1.39 bits per heavy atom. The molecule has 3 rings (SSSR count). The van der Waals surface area contributed by atoms with Gasteiger partial charge in [0.15, 0.2) is 0 Å². The molecule has 0 fully saturated rings. The summed E-state index contributed by atoms with van der Waals surface area (Å²) in [5.41, 5.74) is 6.18. The summed E-state index contributed by atoms with van der Waals surface area (Å²) < 4.78 is 0. The van der Waals surface area contributed by atoms with Gasteiger partial charge < -0.3 is 4.98 Å². The SMILES string of the molecule is C=CCC1=Cc2cc(-c3cc(C#N)ccn3)[c-]cc2C1(C)C.[Ir]. The summed E-state index contributed by atoms with van der Waals surface area (Å²) in [6, 6.07) is 13.1. The monoisotopic (exact) mass is 478 g/mol. The number of aromatic nitrogens is 1. The van der Waals surface area contributed by atoms with Gasteiger partial charge in [-0.1, -0.05) is 37.6 Å². The van der Waals surface area contributed by atoms with E-state index >= 15 is 0 Å². The Morgan fingerprint density at radius 3 is 2.87 bits per heavy atom. The van der Waals surface area contributed by atoms with Crippen LogP contribution in [-0.4, -0.2) is 4.98 Å². The first kappa shape index (κ1) is 17.3. The van der Waals surface area contributed by atoms with E-state index in [4.69, 9.17) is 5.26 Å². The molecule has 2 nitrogen and oxygen atoms in total. The molecule has 0 N–H and O–H groups in total. The minimum absolute atomic E-state index is 0. The Kier molecular flexibility index (Phi) is 4.99. The average molecular weight is 478 g/mol. The van der Waals surface area contributed by atoms with E-state index in [2.05, 4.69) is 55.8 Å². The van der Waals surface area contributed by atoms with Crippen molar-refractivity contribution < 1.29 is 20.1 Å². The van der Waals surface area contributed by atoms with E-state index in [1.807, 2.05) is 6.08 Å². The van der Waals surface area contributed by atoms with Crippen molar-refractivity contribution in [3.63, 3.8) is 0 Å². The number of nitrogens with zero attached hydrogens (tertiary/aromatic N) is 2. The molecule has 0 amide bonds. The first-order chi connectivity index (χ1) is 10.6. The van der Waals surface area contributed by atoms with Crippen molar-refractivity contribution in [3.8, 4) is 17.3 Å². The zero-order valence-electron chi connectivity index (χ0n) is 13.2. The van der Waals surface area contributed by atoms with E-state index in [-0.39, 0.29) is 25.5 Å². The number of rotatable bonds is 3. The zero-order chi connectivity index (χ0) is 15.7. The third kappa shape index (κ3) is 3.06. The van der Waals surface area contributed by atoms with Crippen molar-refractivity contribution in [2.75, 3.05) is 0 Å². The molecule has 0 saturated heterocycles. The molecule has 0 aliphatic heterocycles. The molecule has 1 heterocycles. The smallest absolute Gasteiger partial charge is 0.0984 e. The standard InChI is InChI=1S/C20H17N2.Ir/c1-4-5-17-12-16-11-15(6-7-18(16)20(17,2)3)19-10-14(13-21)8-9-22-19;/h4,7-12H,1,5H2,2-3H3;/q-1;. The van der Waals surface area contributed by atoms with Crippen LogP contribution in [-0.2, 0) is 25.5 Å². The molecule has 117 valence electrons. The van der Waals surface area contributed by atoms with Gasteiger partial charge in [0, 0.05) is 31.9 Å². The second kappa shape index (κ2) is 6.62. The Morgan fingerprint density at radius 2 is 2.17 bits per heavy atom. The van der Waals surface area contributed by atoms with Gasteiger partial charge in [0.05, 0.1) is 6.07 Å². The van der Waals surface area contributed by atoms with E-state index < -0.39 is 0 Å². The number of hydrogen-bond donors (Lipinski definition) is 0. The molecule has 2 aromatic rings. The molecule has 3 heteroatoms. The van der Waals surface area contributed by atoms with Crippen molar-refractivity contribution in [2.45, 2.75) is 25.7 Å². The van der Waals surface area contributed by atoms with Crippen LogP contribution in [0.15, 0.2) is 48.7 Å². The number of pyridine rings is 1. The molecule has 0 bridgehead atoms. The summed E-state index contributed by atoms with van der Waals surface area (Å²) >= 11 is 0. The summed E-state index contributed by atoms with van der Waals surface area (Å²) in [6.07, 6.45) is 6.74. The molecule has 1 radical (unpaired) electrons. The van der Waals surface area contributed by atoms with Gasteiger partial charge in [-0.15, -0.1) is 41.5 Å². The predicted molar refractivity (Wildman–Crippen MR) is 89.0 cm³/mol. The molecule has 0 saturated carbocycles. The predicted octanol–water partition coefficient (Wildman–Crippen LogP) is 4.67. The Balaban J connectivity index is 0.00000192. The second-order valence-electron chi connectivity index (χ2n) is 6.04. The van der Waals surface area contributed by atoms with Gasteiger partial charge in [0.25, 0.3) is 0 Å². The molecule has 23 heavy (non-hydrogen) atoms. The third-order valence-electron chi connectivity index (χ3n) is 4.32. The number of benzene rings is 1. The van der Waals surface area contributed by atoms with E-state index in [9.17, 15) is 0 Å². The van der Waals surface area contributed by atoms with Gasteiger partial charge in [-0.05, 0) is 23.6 Å². The van der Waals surface area contributed by atoms with Gasteiger partial charge >= 0.3 is 0 Å². The maximum absolute atomic E-state index is 9.02. The minimum Gasteiger partial charge on any atom is -0.305 e. The number of nitriles is 1. The van der Waals surface area contributed by atoms with Crippen LogP contribution >= 0.6 is 0 Å². The van der Waals surface area contributed by atoms with Crippen molar-refractivity contribution in [1.29, 1.82) is 5.26 Å². The van der Waals surface area contributed by atoms with Crippen molar-refractivity contribution in [1.82, 2.24) is 4.98 Å². The number of allylic oxidation sites excluding steroid dienone is 2. The molecule has 1 aliphatic carbocycles. The molecule has 1 aliphatic rings. The quantitative estimate of drug-likeness (QED) is 0.476. The normalized spacial score (nSPS) is 14.2. The molecule has 1 aromatic carbocycles. The summed E-state index contributed by atoms with van der Waals surface area (Å²) in [5.74, 6) is 0. The summed E-state index contributed by atoms with van der Waals surface area (Å²) in [4.78, 5) is 4.36. The van der Waals surface area contributed by atoms with Gasteiger partial charge in [0.2, 0.25) is 0 Å². The van der Waals surface area contributed by atoms with Gasteiger partial charge in [-0.3, -0.25) is 0 Å². The van der Waals surface area contributed by atoms with E-state index in [0.29, 0.717) is 5.56 Å². The number of hydrogen-bond acceptors (Lipinski definition) is 2. The first-order valence-electron chi connectivity index (χ1n) is 7.31. The molecule has 0 spiro atoms. The average Bonchev–Trinajstić information content (AvgIpc) is 2.78. The van der Waals surface area contributed by atoms with Crippen molar-refractivity contribution >= 4 is 6.08 Å². The van der Waals surface area contributed by atoms with Gasteiger partial charge in [-0.25, -0.2) is 0 Å². The van der Waals surface area contributed by atoms with Crippen LogP contribution < -0.4 is 0 Å². The zero-order valence-corrected chi connectivity index (χ0v) is 15.6.